The second kappa shape index (κ2) is 7.72. The zero-order valence-electron chi connectivity index (χ0n) is 16.1. The highest BCUT2D eigenvalue weighted by molar-refractivity contribution is 6.31. The number of alkyl halides is 6. The number of carbonyl (C=O) groups excluding carboxylic acids is 2. The maximum atomic E-state index is 13.4. The van der Waals surface area contributed by atoms with Gasteiger partial charge in [-0.05, 0) is 37.8 Å². The molecule has 1 saturated carbocycles. The number of primary amides is 1. The zero-order chi connectivity index (χ0) is 23.4. The third-order valence-corrected chi connectivity index (χ3v) is 6.38. The van der Waals surface area contributed by atoms with Gasteiger partial charge in [0.1, 0.15) is 5.54 Å². The molecule has 172 valence electrons. The van der Waals surface area contributed by atoms with Crippen LogP contribution in [-0.2, 0) is 11.0 Å². The van der Waals surface area contributed by atoms with Gasteiger partial charge in [0.05, 0.1) is 10.9 Å². The lowest BCUT2D eigenvalue weighted by Gasteiger charge is -2.52. The Labute approximate surface area is 178 Å². The van der Waals surface area contributed by atoms with Crippen LogP contribution in [0.5, 0.6) is 0 Å². The van der Waals surface area contributed by atoms with E-state index in [1.807, 2.05) is 0 Å². The van der Waals surface area contributed by atoms with Crippen LogP contribution < -0.4 is 11.1 Å². The Hall–Kier alpha value is -2.24. The summed E-state index contributed by atoms with van der Waals surface area (Å²) in [6.45, 7) is 1.27. The molecule has 2 heterocycles. The smallest absolute Gasteiger partial charge is 0.352 e. The van der Waals surface area contributed by atoms with Crippen LogP contribution in [0, 0.1) is 11.8 Å². The van der Waals surface area contributed by atoms with E-state index in [4.69, 9.17) is 17.3 Å². The predicted octanol–water partition coefficient (Wildman–Crippen LogP) is 3.70. The molecule has 0 bridgehead atoms. The molecular formula is C18H19ClF6N4O2. The summed E-state index contributed by atoms with van der Waals surface area (Å²) in [4.78, 5) is 29.5. The van der Waals surface area contributed by atoms with Crippen molar-refractivity contribution in [2.24, 2.45) is 17.6 Å². The van der Waals surface area contributed by atoms with Crippen molar-refractivity contribution in [2.75, 3.05) is 13.1 Å². The van der Waals surface area contributed by atoms with E-state index in [1.165, 1.54) is 6.92 Å². The van der Waals surface area contributed by atoms with Crippen LogP contribution in [0.25, 0.3) is 0 Å². The maximum absolute atomic E-state index is 13.4. The number of amides is 3. The minimum Gasteiger partial charge on any atom is -0.352 e. The van der Waals surface area contributed by atoms with Crippen molar-refractivity contribution in [3.8, 4) is 0 Å². The zero-order valence-corrected chi connectivity index (χ0v) is 16.9. The molecule has 2 fully saturated rings. The quantitative estimate of drug-likeness (QED) is 0.658. The second-order valence-corrected chi connectivity index (χ2v) is 8.31. The van der Waals surface area contributed by atoms with Crippen molar-refractivity contribution in [1.29, 1.82) is 0 Å². The van der Waals surface area contributed by atoms with Crippen molar-refractivity contribution in [1.82, 2.24) is 15.2 Å². The number of carbonyl (C=O) groups is 2. The first-order valence-electron chi connectivity index (χ1n) is 9.33. The minimum atomic E-state index is -4.93. The van der Waals surface area contributed by atoms with Crippen LogP contribution in [0.3, 0.4) is 0 Å². The molecule has 0 spiro atoms. The topological polar surface area (TPSA) is 88.3 Å². The number of nitrogens with one attached hydrogen (secondary N) is 1. The van der Waals surface area contributed by atoms with E-state index < -0.39 is 71.1 Å². The molecule has 2 aliphatic rings. The van der Waals surface area contributed by atoms with E-state index in [2.05, 4.69) is 10.3 Å². The van der Waals surface area contributed by atoms with Gasteiger partial charge < -0.3 is 16.0 Å². The number of nitrogens with zero attached hydrogens (tertiary/aromatic N) is 2. The SMILES string of the molecule is CC1([C@@H](c2ccc(Cl)c(C(F)(F)F)n2)C2CC(C(F)(F)F)C2)C(=O)NCCN1C(N)=O. The molecule has 1 saturated heterocycles. The van der Waals surface area contributed by atoms with Crippen LogP contribution in [-0.4, -0.2) is 46.6 Å². The molecular weight excluding hydrogens is 454 g/mol. The molecule has 6 nitrogen and oxygen atoms in total. The van der Waals surface area contributed by atoms with Gasteiger partial charge in [-0.25, -0.2) is 9.78 Å². The van der Waals surface area contributed by atoms with E-state index in [0.717, 1.165) is 17.0 Å². The normalized spacial score (nSPS) is 28.0. The number of hydrogen-bond acceptors (Lipinski definition) is 3. The number of nitrogens with two attached hydrogens (primary N) is 1. The molecule has 1 aromatic rings. The number of rotatable bonds is 3. The molecule has 1 aromatic heterocycles. The highest BCUT2D eigenvalue weighted by atomic mass is 35.5. The summed E-state index contributed by atoms with van der Waals surface area (Å²) in [6, 6.07) is 1.05. The van der Waals surface area contributed by atoms with Crippen molar-refractivity contribution in [3.63, 3.8) is 0 Å². The molecule has 1 aliphatic carbocycles. The number of pyridine rings is 1. The molecule has 3 amide bonds. The monoisotopic (exact) mass is 472 g/mol. The third kappa shape index (κ3) is 4.13. The molecule has 13 heteroatoms. The second-order valence-electron chi connectivity index (χ2n) is 7.91. The van der Waals surface area contributed by atoms with Gasteiger partial charge in [0.15, 0.2) is 5.69 Å². The van der Waals surface area contributed by atoms with E-state index in [-0.39, 0.29) is 18.8 Å². The van der Waals surface area contributed by atoms with Crippen molar-refractivity contribution >= 4 is 23.5 Å². The van der Waals surface area contributed by atoms with E-state index in [0.29, 0.717) is 0 Å². The summed E-state index contributed by atoms with van der Waals surface area (Å²) in [7, 11) is 0. The van der Waals surface area contributed by atoms with Crippen molar-refractivity contribution in [2.45, 2.75) is 43.6 Å². The van der Waals surface area contributed by atoms with Crippen molar-refractivity contribution < 1.29 is 35.9 Å². The van der Waals surface area contributed by atoms with Crippen LogP contribution >= 0.6 is 11.6 Å². The van der Waals surface area contributed by atoms with E-state index in [1.54, 1.807) is 0 Å². The summed E-state index contributed by atoms with van der Waals surface area (Å²) in [6.07, 6.45) is -10.2. The molecule has 0 aromatic carbocycles. The van der Waals surface area contributed by atoms with Crippen LogP contribution in [0.1, 0.15) is 37.1 Å². The standard InChI is InChI=1S/C18H19ClF6N4O2/c1-16(14(30)27-4-5-29(16)15(26)31)12(8-6-9(7-8)17(20,21)22)11-3-2-10(19)13(28-11)18(23,24)25/h2-3,8-9,12H,4-7H2,1H3,(H2,26,31)(H,27,30)/t8?,9?,12-,16?/m1/s1. The van der Waals surface area contributed by atoms with Gasteiger partial charge in [-0.2, -0.15) is 26.3 Å². The first-order valence-corrected chi connectivity index (χ1v) is 9.71. The van der Waals surface area contributed by atoms with Crippen LogP contribution in [0.15, 0.2) is 12.1 Å². The Morgan fingerprint density at radius 1 is 1.29 bits per heavy atom. The fourth-order valence-corrected chi connectivity index (χ4v) is 4.69. The Morgan fingerprint density at radius 2 is 1.90 bits per heavy atom. The molecule has 0 radical (unpaired) electrons. The summed E-state index contributed by atoms with van der Waals surface area (Å²) in [5, 5.41) is 1.83. The number of halogens is 7. The van der Waals surface area contributed by atoms with Gasteiger partial charge in [0.2, 0.25) is 5.91 Å². The van der Waals surface area contributed by atoms with Gasteiger partial charge in [0, 0.05) is 24.7 Å². The summed E-state index contributed by atoms with van der Waals surface area (Å²) in [5.41, 5.74) is 1.86. The fraction of sp³-hybridized carbons (Fsp3) is 0.611. The first-order chi connectivity index (χ1) is 14.2. The Bertz CT molecular complexity index is 887. The lowest BCUT2D eigenvalue weighted by atomic mass is 9.60. The van der Waals surface area contributed by atoms with E-state index in [9.17, 15) is 35.9 Å². The predicted molar refractivity (Wildman–Crippen MR) is 97.0 cm³/mol. The van der Waals surface area contributed by atoms with E-state index >= 15 is 0 Å². The van der Waals surface area contributed by atoms with Gasteiger partial charge in [-0.15, -0.1) is 0 Å². The Kier molecular flexibility index (Phi) is 5.83. The van der Waals surface area contributed by atoms with Gasteiger partial charge in [0.25, 0.3) is 0 Å². The molecule has 3 N–H and O–H groups in total. The Morgan fingerprint density at radius 3 is 2.42 bits per heavy atom. The highest BCUT2D eigenvalue weighted by Crippen LogP contribution is 2.54. The average molecular weight is 473 g/mol. The van der Waals surface area contributed by atoms with Crippen molar-refractivity contribution in [3.05, 3.63) is 28.5 Å². The summed E-state index contributed by atoms with van der Waals surface area (Å²) >= 11 is 5.63. The summed E-state index contributed by atoms with van der Waals surface area (Å²) in [5.74, 6) is -4.52. The number of aromatic nitrogens is 1. The van der Waals surface area contributed by atoms with Gasteiger partial charge in [-0.1, -0.05) is 11.6 Å². The average Bonchev–Trinajstić information content (AvgIpc) is 2.58. The number of hydrogen-bond donors (Lipinski definition) is 2. The number of urea groups is 1. The fourth-order valence-electron chi connectivity index (χ4n) is 4.48. The molecule has 1 aliphatic heterocycles. The lowest BCUT2D eigenvalue weighted by molar-refractivity contribution is -0.209. The third-order valence-electron chi connectivity index (χ3n) is 6.08. The molecule has 31 heavy (non-hydrogen) atoms. The van der Waals surface area contributed by atoms with Crippen LogP contribution in [0.4, 0.5) is 31.1 Å². The maximum Gasteiger partial charge on any atom is 0.434 e. The summed E-state index contributed by atoms with van der Waals surface area (Å²) < 4.78 is 79.4. The van der Waals surface area contributed by atoms with Crippen LogP contribution in [0.2, 0.25) is 5.02 Å². The first kappa shape index (κ1) is 23.4. The molecule has 3 rings (SSSR count). The Balaban J connectivity index is 2.13. The molecule has 2 atom stereocenters. The number of piperazine rings is 1. The highest BCUT2D eigenvalue weighted by Gasteiger charge is 2.59. The lowest BCUT2D eigenvalue weighted by Crippen LogP contribution is -2.69. The molecule has 1 unspecified atom stereocenters. The minimum absolute atomic E-state index is 0.0434. The van der Waals surface area contributed by atoms with Gasteiger partial charge in [-0.3, -0.25) is 4.79 Å². The largest absolute Gasteiger partial charge is 0.434 e. The van der Waals surface area contributed by atoms with Gasteiger partial charge >= 0.3 is 18.4 Å².